The first-order valence-electron chi connectivity index (χ1n) is 7.15. The van der Waals surface area contributed by atoms with Gasteiger partial charge in [-0.25, -0.2) is 5.43 Å². The Kier molecular flexibility index (Phi) is 5.73. The zero-order valence-electron chi connectivity index (χ0n) is 14.0. The third-order valence-corrected chi connectivity index (χ3v) is 3.24. The Morgan fingerprint density at radius 3 is 2.29 bits per heavy atom. The van der Waals surface area contributed by atoms with Crippen LogP contribution in [0.2, 0.25) is 0 Å². The molecule has 1 aromatic carbocycles. The smallest absolute Gasteiger partial charge is 0.272 e. The second-order valence-electron chi connectivity index (χ2n) is 4.85. The fraction of sp³-hybridized carbons (Fsp3) is 0.235. The molecule has 0 aliphatic heterocycles. The number of ether oxygens (including phenoxy) is 3. The molecule has 0 bridgehead atoms. The molecule has 0 aliphatic carbocycles. The predicted octanol–water partition coefficient (Wildman–Crippen LogP) is 2.18. The molecule has 0 aliphatic rings. The van der Waals surface area contributed by atoms with Crippen LogP contribution in [0.15, 0.2) is 35.6 Å². The maximum atomic E-state index is 12.0. The number of pyridine rings is 1. The van der Waals surface area contributed by atoms with Crippen molar-refractivity contribution < 1.29 is 19.0 Å². The van der Waals surface area contributed by atoms with Gasteiger partial charge in [0.1, 0.15) is 0 Å². The van der Waals surface area contributed by atoms with E-state index in [0.29, 0.717) is 28.4 Å². The Morgan fingerprint density at radius 2 is 1.79 bits per heavy atom. The third kappa shape index (κ3) is 4.01. The van der Waals surface area contributed by atoms with Crippen molar-refractivity contribution in [3.8, 4) is 17.2 Å². The topological polar surface area (TPSA) is 82.0 Å². The molecule has 0 spiro atoms. The van der Waals surface area contributed by atoms with Gasteiger partial charge in [-0.3, -0.25) is 9.78 Å². The van der Waals surface area contributed by atoms with Crippen LogP contribution in [0, 0.1) is 6.92 Å². The van der Waals surface area contributed by atoms with Crippen LogP contribution < -0.4 is 19.6 Å². The van der Waals surface area contributed by atoms with Crippen LogP contribution in [0.1, 0.15) is 21.6 Å². The largest absolute Gasteiger partial charge is 0.493 e. The fourth-order valence-electron chi connectivity index (χ4n) is 2.01. The van der Waals surface area contributed by atoms with E-state index in [-0.39, 0.29) is 5.91 Å². The normalized spacial score (nSPS) is 10.5. The predicted molar refractivity (Wildman–Crippen MR) is 90.1 cm³/mol. The molecular formula is C17H19N3O4. The highest BCUT2D eigenvalue weighted by molar-refractivity contribution is 5.94. The highest BCUT2D eigenvalue weighted by Gasteiger charge is 2.12. The zero-order chi connectivity index (χ0) is 17.5. The molecule has 0 radical (unpaired) electrons. The number of carbonyl (C=O) groups excluding carboxylic acids is 1. The zero-order valence-corrected chi connectivity index (χ0v) is 14.0. The SMILES string of the molecule is COc1cc(C=NNC(=O)c2ccc(C)nc2)cc(OC)c1OC. The van der Waals surface area contributed by atoms with Gasteiger partial charge in [-0.2, -0.15) is 5.10 Å². The molecule has 1 amide bonds. The van der Waals surface area contributed by atoms with Crippen molar-refractivity contribution in [1.82, 2.24) is 10.4 Å². The molecule has 0 unspecified atom stereocenters. The van der Waals surface area contributed by atoms with Crippen LogP contribution in [0.25, 0.3) is 0 Å². The van der Waals surface area contributed by atoms with Crippen molar-refractivity contribution in [2.75, 3.05) is 21.3 Å². The van der Waals surface area contributed by atoms with Gasteiger partial charge in [0, 0.05) is 17.5 Å². The lowest BCUT2D eigenvalue weighted by Gasteiger charge is -2.12. The van der Waals surface area contributed by atoms with E-state index in [1.807, 2.05) is 6.92 Å². The van der Waals surface area contributed by atoms with E-state index in [9.17, 15) is 4.79 Å². The quantitative estimate of drug-likeness (QED) is 0.649. The Labute approximate surface area is 140 Å². The highest BCUT2D eigenvalue weighted by atomic mass is 16.5. The average molecular weight is 329 g/mol. The van der Waals surface area contributed by atoms with E-state index in [1.54, 1.807) is 24.3 Å². The number of aromatic nitrogens is 1. The Hall–Kier alpha value is -3.09. The average Bonchev–Trinajstić information content (AvgIpc) is 2.61. The summed E-state index contributed by atoms with van der Waals surface area (Å²) < 4.78 is 15.8. The molecule has 0 fully saturated rings. The summed E-state index contributed by atoms with van der Waals surface area (Å²) in [6.07, 6.45) is 2.99. The van der Waals surface area contributed by atoms with E-state index in [0.717, 1.165) is 5.69 Å². The van der Waals surface area contributed by atoms with Crippen molar-refractivity contribution in [2.45, 2.75) is 6.92 Å². The number of nitrogens with one attached hydrogen (secondary N) is 1. The van der Waals surface area contributed by atoms with Crippen molar-refractivity contribution >= 4 is 12.1 Å². The molecule has 0 saturated heterocycles. The van der Waals surface area contributed by atoms with Gasteiger partial charge < -0.3 is 14.2 Å². The van der Waals surface area contributed by atoms with Gasteiger partial charge in [-0.05, 0) is 31.2 Å². The van der Waals surface area contributed by atoms with E-state index < -0.39 is 0 Å². The van der Waals surface area contributed by atoms with E-state index in [1.165, 1.54) is 33.7 Å². The minimum Gasteiger partial charge on any atom is -0.493 e. The maximum Gasteiger partial charge on any atom is 0.272 e. The lowest BCUT2D eigenvalue weighted by Crippen LogP contribution is -2.17. The van der Waals surface area contributed by atoms with Gasteiger partial charge in [-0.1, -0.05) is 0 Å². The second-order valence-corrected chi connectivity index (χ2v) is 4.85. The summed E-state index contributed by atoms with van der Waals surface area (Å²) in [5.41, 5.74) is 4.41. The number of carbonyl (C=O) groups is 1. The number of hydrogen-bond acceptors (Lipinski definition) is 6. The lowest BCUT2D eigenvalue weighted by molar-refractivity contribution is 0.0955. The lowest BCUT2D eigenvalue weighted by atomic mass is 10.2. The molecule has 2 aromatic rings. The monoisotopic (exact) mass is 329 g/mol. The number of hydrogen-bond donors (Lipinski definition) is 1. The fourth-order valence-corrected chi connectivity index (χ4v) is 2.01. The molecule has 1 heterocycles. The van der Waals surface area contributed by atoms with Crippen LogP contribution in [-0.4, -0.2) is 38.4 Å². The summed E-state index contributed by atoms with van der Waals surface area (Å²) in [7, 11) is 4.60. The van der Waals surface area contributed by atoms with Crippen molar-refractivity contribution in [3.63, 3.8) is 0 Å². The first-order valence-corrected chi connectivity index (χ1v) is 7.15. The Bertz CT molecular complexity index is 717. The number of methoxy groups -OCH3 is 3. The third-order valence-electron chi connectivity index (χ3n) is 3.24. The van der Waals surface area contributed by atoms with Crippen LogP contribution in [0.4, 0.5) is 0 Å². The first kappa shape index (κ1) is 17.3. The number of hydrazone groups is 1. The van der Waals surface area contributed by atoms with Crippen molar-refractivity contribution in [2.24, 2.45) is 5.10 Å². The standard InChI is InChI=1S/C17H19N3O4/c1-11-5-6-13(10-18-11)17(21)20-19-9-12-7-14(22-2)16(24-4)15(8-12)23-3/h5-10H,1-4H3,(H,20,21). The maximum absolute atomic E-state index is 12.0. The number of rotatable bonds is 6. The molecule has 1 aromatic heterocycles. The van der Waals surface area contributed by atoms with Crippen molar-refractivity contribution in [3.05, 3.63) is 47.3 Å². The summed E-state index contributed by atoms with van der Waals surface area (Å²) in [5.74, 6) is 1.16. The molecule has 2 rings (SSSR count). The Balaban J connectivity index is 2.14. The molecule has 24 heavy (non-hydrogen) atoms. The van der Waals surface area contributed by atoms with Gasteiger partial charge in [0.2, 0.25) is 5.75 Å². The minimum absolute atomic E-state index is 0.341. The van der Waals surface area contributed by atoms with Crippen LogP contribution in [0.5, 0.6) is 17.2 Å². The van der Waals surface area contributed by atoms with E-state index in [2.05, 4.69) is 15.5 Å². The summed E-state index contributed by atoms with van der Waals surface area (Å²) in [6.45, 7) is 1.85. The molecule has 7 nitrogen and oxygen atoms in total. The molecular weight excluding hydrogens is 310 g/mol. The van der Waals surface area contributed by atoms with Crippen molar-refractivity contribution in [1.29, 1.82) is 0 Å². The molecule has 1 N–H and O–H groups in total. The second kappa shape index (κ2) is 7.96. The molecule has 0 atom stereocenters. The van der Waals surface area contributed by atoms with Crippen LogP contribution >= 0.6 is 0 Å². The van der Waals surface area contributed by atoms with Gasteiger partial charge in [0.15, 0.2) is 11.5 Å². The van der Waals surface area contributed by atoms with Gasteiger partial charge in [-0.15, -0.1) is 0 Å². The van der Waals surface area contributed by atoms with E-state index >= 15 is 0 Å². The molecule has 0 saturated carbocycles. The minimum atomic E-state index is -0.341. The molecule has 7 heteroatoms. The van der Waals surface area contributed by atoms with Gasteiger partial charge >= 0.3 is 0 Å². The number of nitrogens with zero attached hydrogens (tertiary/aromatic N) is 2. The molecule has 126 valence electrons. The summed E-state index contributed by atoms with van der Waals surface area (Å²) in [5, 5.41) is 3.94. The van der Waals surface area contributed by atoms with Gasteiger partial charge in [0.05, 0.1) is 33.1 Å². The van der Waals surface area contributed by atoms with Gasteiger partial charge in [0.25, 0.3) is 5.91 Å². The highest BCUT2D eigenvalue weighted by Crippen LogP contribution is 2.37. The summed E-state index contributed by atoms with van der Waals surface area (Å²) in [4.78, 5) is 16.0. The van der Waals surface area contributed by atoms with E-state index in [4.69, 9.17) is 14.2 Å². The summed E-state index contributed by atoms with van der Waals surface area (Å²) >= 11 is 0. The first-order chi connectivity index (χ1) is 11.6. The number of amides is 1. The number of benzene rings is 1. The number of aryl methyl sites for hydroxylation is 1. The summed E-state index contributed by atoms with van der Waals surface area (Å²) in [6, 6.07) is 6.90. The Morgan fingerprint density at radius 1 is 1.12 bits per heavy atom. The van der Waals surface area contributed by atoms with Crippen LogP contribution in [-0.2, 0) is 0 Å². The van der Waals surface area contributed by atoms with Crippen LogP contribution in [0.3, 0.4) is 0 Å².